The highest BCUT2D eigenvalue weighted by molar-refractivity contribution is 5.84. The number of furan rings is 1. The topological polar surface area (TPSA) is 75.0 Å². The Morgan fingerprint density at radius 1 is 1.19 bits per heavy atom. The average Bonchev–Trinajstić information content (AvgIpc) is 3.28. The fraction of sp³-hybridized carbons (Fsp3) is 0.600. The maximum atomic E-state index is 13.2. The van der Waals surface area contributed by atoms with E-state index in [1.807, 2.05) is 18.2 Å². The van der Waals surface area contributed by atoms with Gasteiger partial charge in [-0.1, -0.05) is 19.1 Å². The molecule has 6 rings (SSSR count). The van der Waals surface area contributed by atoms with Gasteiger partial charge in [0.05, 0.1) is 31.2 Å². The first-order valence-corrected chi connectivity index (χ1v) is 9.26. The first-order chi connectivity index (χ1) is 12.5. The average molecular weight is 356 g/mol. The molecule has 4 fully saturated rings. The van der Waals surface area contributed by atoms with E-state index in [2.05, 4.69) is 6.92 Å². The predicted molar refractivity (Wildman–Crippen MR) is 86.6 cm³/mol. The molecule has 5 aliphatic rings. The van der Waals surface area contributed by atoms with Gasteiger partial charge in [-0.15, -0.1) is 0 Å². The van der Waals surface area contributed by atoms with Gasteiger partial charge in [-0.25, -0.2) is 4.79 Å². The van der Waals surface area contributed by atoms with Gasteiger partial charge in [0, 0.05) is 22.3 Å². The Balaban J connectivity index is 1.51. The smallest absolute Gasteiger partial charge is 0.339 e. The van der Waals surface area contributed by atoms with Crippen molar-refractivity contribution in [3.8, 4) is 0 Å². The molecule has 1 aromatic heterocycles. The van der Waals surface area contributed by atoms with Gasteiger partial charge in [0.1, 0.15) is 6.10 Å². The van der Waals surface area contributed by atoms with E-state index in [4.69, 9.17) is 18.6 Å². The normalized spacial score (nSPS) is 50.8. The highest BCUT2D eigenvalue weighted by Gasteiger charge is 2.79. The molecule has 3 aliphatic heterocycles. The van der Waals surface area contributed by atoms with E-state index in [-0.39, 0.29) is 41.4 Å². The van der Waals surface area contributed by atoms with Crippen LogP contribution in [0.5, 0.6) is 0 Å². The lowest BCUT2D eigenvalue weighted by atomic mass is 9.45. The molecule has 1 saturated carbocycles. The maximum Gasteiger partial charge on any atom is 0.339 e. The fourth-order valence-electron chi connectivity index (χ4n) is 6.66. The molecule has 2 bridgehead atoms. The molecule has 7 unspecified atom stereocenters. The van der Waals surface area contributed by atoms with E-state index < -0.39 is 11.0 Å². The van der Waals surface area contributed by atoms with Crippen molar-refractivity contribution in [2.45, 2.75) is 44.0 Å². The zero-order chi connectivity index (χ0) is 17.7. The van der Waals surface area contributed by atoms with Crippen molar-refractivity contribution in [2.24, 2.45) is 22.7 Å². The van der Waals surface area contributed by atoms with Crippen molar-refractivity contribution in [1.82, 2.24) is 0 Å². The highest BCUT2D eigenvalue weighted by atomic mass is 16.6. The summed E-state index contributed by atoms with van der Waals surface area (Å²) < 4.78 is 22.9. The van der Waals surface area contributed by atoms with Crippen molar-refractivity contribution >= 4 is 11.9 Å². The molecule has 3 saturated heterocycles. The Hall–Kier alpha value is -2.08. The van der Waals surface area contributed by atoms with Crippen LogP contribution in [0, 0.1) is 22.7 Å². The van der Waals surface area contributed by atoms with Crippen LogP contribution in [0.15, 0.2) is 35.2 Å². The molecule has 26 heavy (non-hydrogen) atoms. The second-order valence-electron chi connectivity index (χ2n) is 8.66. The molecule has 0 radical (unpaired) electrons. The summed E-state index contributed by atoms with van der Waals surface area (Å²) in [7, 11) is 0. The van der Waals surface area contributed by atoms with Gasteiger partial charge in [0.25, 0.3) is 0 Å². The lowest BCUT2D eigenvalue weighted by molar-refractivity contribution is -0.215. The van der Waals surface area contributed by atoms with Crippen LogP contribution in [0.2, 0.25) is 0 Å². The Labute approximate surface area is 150 Å². The summed E-state index contributed by atoms with van der Waals surface area (Å²) in [6, 6.07) is 1.84. The molecule has 2 aliphatic carbocycles. The summed E-state index contributed by atoms with van der Waals surface area (Å²) in [5.74, 6) is -0.595. The van der Waals surface area contributed by atoms with E-state index in [0.717, 1.165) is 12.0 Å². The molecule has 6 heteroatoms. The van der Waals surface area contributed by atoms with Crippen LogP contribution < -0.4 is 0 Å². The van der Waals surface area contributed by atoms with Gasteiger partial charge >= 0.3 is 11.9 Å². The molecule has 4 heterocycles. The molecule has 6 nitrogen and oxygen atoms in total. The molecular formula is C20H20O6. The largest absolute Gasteiger partial charge is 0.472 e. The van der Waals surface area contributed by atoms with Crippen molar-refractivity contribution in [3.05, 3.63) is 36.3 Å². The van der Waals surface area contributed by atoms with Crippen LogP contribution in [0.1, 0.15) is 37.9 Å². The lowest BCUT2D eigenvalue weighted by Crippen LogP contribution is -2.64. The minimum atomic E-state index is -0.932. The van der Waals surface area contributed by atoms with Crippen molar-refractivity contribution in [2.75, 3.05) is 6.61 Å². The van der Waals surface area contributed by atoms with Gasteiger partial charge in [-0.3, -0.25) is 4.79 Å². The second kappa shape index (κ2) is 4.42. The Bertz CT molecular complexity index is 842. The Morgan fingerprint density at radius 3 is 2.88 bits per heavy atom. The van der Waals surface area contributed by atoms with Crippen LogP contribution in [0.4, 0.5) is 0 Å². The molecule has 1 spiro atoms. The number of cyclic esters (lactones) is 2. The van der Waals surface area contributed by atoms with E-state index in [1.165, 1.54) is 0 Å². The van der Waals surface area contributed by atoms with E-state index in [0.29, 0.717) is 19.4 Å². The van der Waals surface area contributed by atoms with Gasteiger partial charge in [0.15, 0.2) is 5.60 Å². The molecule has 0 N–H and O–H groups in total. The van der Waals surface area contributed by atoms with Crippen LogP contribution in [-0.2, 0) is 23.8 Å². The number of ether oxygens (including phenoxy) is 3. The first-order valence-electron chi connectivity index (χ1n) is 9.26. The van der Waals surface area contributed by atoms with Crippen LogP contribution in [-0.4, -0.2) is 30.3 Å². The summed E-state index contributed by atoms with van der Waals surface area (Å²) in [6.45, 7) is 2.56. The van der Waals surface area contributed by atoms with Crippen molar-refractivity contribution < 1.29 is 28.2 Å². The molecular weight excluding hydrogens is 336 g/mol. The number of carbonyl (C=O) groups excluding carboxylic acids is 2. The molecule has 0 aromatic carbocycles. The number of hydrogen-bond acceptors (Lipinski definition) is 6. The van der Waals surface area contributed by atoms with Crippen molar-refractivity contribution in [1.29, 1.82) is 0 Å². The first kappa shape index (κ1) is 15.0. The van der Waals surface area contributed by atoms with Crippen LogP contribution in [0.25, 0.3) is 0 Å². The summed E-state index contributed by atoms with van der Waals surface area (Å²) in [5.41, 5.74) is -0.750. The number of rotatable bonds is 1. The number of hydrogen-bond donors (Lipinski definition) is 0. The Morgan fingerprint density at radius 2 is 2.08 bits per heavy atom. The molecule has 7 atom stereocenters. The van der Waals surface area contributed by atoms with E-state index >= 15 is 0 Å². The van der Waals surface area contributed by atoms with Crippen molar-refractivity contribution in [3.63, 3.8) is 0 Å². The monoisotopic (exact) mass is 356 g/mol. The van der Waals surface area contributed by atoms with Crippen LogP contribution in [0.3, 0.4) is 0 Å². The SMILES string of the molecule is CC12CC(c3ccoc3)OC(=O)C13CCC14COC(=O)C1C=CC(O3)C42. The Kier molecular flexibility index (Phi) is 2.55. The summed E-state index contributed by atoms with van der Waals surface area (Å²) >= 11 is 0. The molecule has 136 valence electrons. The number of esters is 2. The molecule has 1 aromatic rings. The third-order valence-electron chi connectivity index (χ3n) is 7.79. The standard InChI is InChI=1S/C20H20O6/c1-18-8-14(11-4-7-23-9-11)25-17(22)20(18)6-5-19-10-24-16(21)12(19)2-3-13(26-20)15(18)19/h2-4,7,9,12-15H,5-6,8,10H2,1H3. The zero-order valence-electron chi connectivity index (χ0n) is 14.5. The van der Waals surface area contributed by atoms with Crippen LogP contribution >= 0.6 is 0 Å². The maximum absolute atomic E-state index is 13.2. The van der Waals surface area contributed by atoms with E-state index in [1.54, 1.807) is 12.5 Å². The third-order valence-corrected chi connectivity index (χ3v) is 7.79. The van der Waals surface area contributed by atoms with Gasteiger partial charge in [-0.05, 0) is 25.3 Å². The minimum Gasteiger partial charge on any atom is -0.472 e. The van der Waals surface area contributed by atoms with Gasteiger partial charge in [0.2, 0.25) is 0 Å². The zero-order valence-corrected chi connectivity index (χ0v) is 14.5. The highest BCUT2D eigenvalue weighted by Crippen LogP contribution is 2.72. The number of carbonyl (C=O) groups is 2. The second-order valence-corrected chi connectivity index (χ2v) is 8.66. The van der Waals surface area contributed by atoms with Gasteiger partial charge in [-0.2, -0.15) is 0 Å². The third kappa shape index (κ3) is 1.43. The lowest BCUT2D eigenvalue weighted by Gasteiger charge is -2.57. The minimum absolute atomic E-state index is 0.0625. The summed E-state index contributed by atoms with van der Waals surface area (Å²) in [6.07, 6.45) is 8.59. The summed E-state index contributed by atoms with van der Waals surface area (Å²) in [5, 5.41) is 0. The van der Waals surface area contributed by atoms with Gasteiger partial charge < -0.3 is 18.6 Å². The molecule has 0 amide bonds. The fourth-order valence-corrected chi connectivity index (χ4v) is 6.66. The quantitative estimate of drug-likeness (QED) is 0.569. The van der Waals surface area contributed by atoms with E-state index in [9.17, 15) is 9.59 Å². The summed E-state index contributed by atoms with van der Waals surface area (Å²) in [4.78, 5) is 25.5. The predicted octanol–water partition coefficient (Wildman–Crippen LogP) is 2.55.